The van der Waals surface area contributed by atoms with Gasteiger partial charge in [-0.1, -0.05) is 18.2 Å². The van der Waals surface area contributed by atoms with Gasteiger partial charge in [-0.15, -0.1) is 11.3 Å². The first kappa shape index (κ1) is 19.1. The van der Waals surface area contributed by atoms with E-state index in [1.807, 2.05) is 41.8 Å². The van der Waals surface area contributed by atoms with Crippen LogP contribution in [0.4, 0.5) is 5.69 Å². The molecule has 1 aliphatic carbocycles. The molecule has 142 valence electrons. The number of anilines is 1. The molecule has 3 N–H and O–H groups in total. The van der Waals surface area contributed by atoms with Crippen LogP contribution in [-0.2, 0) is 20.9 Å². The summed E-state index contributed by atoms with van der Waals surface area (Å²) in [5.74, 6) is -0.100. The van der Waals surface area contributed by atoms with Gasteiger partial charge in [0.1, 0.15) is 0 Å². The molecule has 3 rings (SSSR count). The molecule has 3 amide bonds. The van der Waals surface area contributed by atoms with E-state index in [-0.39, 0.29) is 36.1 Å². The number of nitrogens with one attached hydrogen (secondary N) is 3. The molecule has 1 aromatic carbocycles. The Morgan fingerprint density at radius 1 is 1.19 bits per heavy atom. The van der Waals surface area contributed by atoms with Crippen molar-refractivity contribution in [3.63, 3.8) is 0 Å². The molecule has 1 heterocycles. The average molecular weight is 385 g/mol. The van der Waals surface area contributed by atoms with Crippen molar-refractivity contribution < 1.29 is 14.4 Å². The second-order valence-electron chi connectivity index (χ2n) is 6.71. The van der Waals surface area contributed by atoms with Crippen LogP contribution in [0, 0.1) is 5.92 Å². The molecule has 6 nitrogen and oxygen atoms in total. The number of carbonyl (C=O) groups excluding carboxylic acids is 3. The summed E-state index contributed by atoms with van der Waals surface area (Å²) in [5, 5.41) is 10.5. The smallest absolute Gasteiger partial charge is 0.227 e. The maximum Gasteiger partial charge on any atom is 0.227 e. The number of hydrogen-bond acceptors (Lipinski definition) is 4. The van der Waals surface area contributed by atoms with Crippen molar-refractivity contribution in [1.82, 2.24) is 10.6 Å². The summed E-state index contributed by atoms with van der Waals surface area (Å²) in [4.78, 5) is 36.6. The van der Waals surface area contributed by atoms with Crippen LogP contribution in [0.2, 0.25) is 0 Å². The van der Waals surface area contributed by atoms with Crippen molar-refractivity contribution in [2.24, 2.45) is 5.92 Å². The van der Waals surface area contributed by atoms with Gasteiger partial charge in [0.15, 0.2) is 0 Å². The molecule has 0 radical (unpaired) electrons. The molecule has 1 aromatic heterocycles. The first-order valence-corrected chi connectivity index (χ1v) is 9.86. The topological polar surface area (TPSA) is 87.3 Å². The van der Waals surface area contributed by atoms with Gasteiger partial charge < -0.3 is 16.0 Å². The van der Waals surface area contributed by atoms with E-state index in [1.165, 1.54) is 18.3 Å². The van der Waals surface area contributed by atoms with Crippen LogP contribution in [0.15, 0.2) is 41.8 Å². The predicted octanol–water partition coefficient (Wildman–Crippen LogP) is 2.98. The van der Waals surface area contributed by atoms with Crippen molar-refractivity contribution in [3.8, 4) is 0 Å². The summed E-state index contributed by atoms with van der Waals surface area (Å²) in [6.07, 6.45) is 2.10. The minimum Gasteiger partial charge on any atom is -0.352 e. The number of hydrogen-bond donors (Lipinski definition) is 3. The Hall–Kier alpha value is -2.67. The molecule has 0 saturated heterocycles. The lowest BCUT2D eigenvalue weighted by atomic mass is 10.1. The molecule has 7 heteroatoms. The summed E-state index contributed by atoms with van der Waals surface area (Å²) in [5.41, 5.74) is 1.65. The van der Waals surface area contributed by atoms with Crippen LogP contribution in [0.1, 0.15) is 42.7 Å². The van der Waals surface area contributed by atoms with E-state index >= 15 is 0 Å². The molecular formula is C20H23N3O3S. The van der Waals surface area contributed by atoms with Gasteiger partial charge in [0, 0.05) is 30.0 Å². The number of thiophene rings is 1. The third-order valence-electron chi connectivity index (χ3n) is 4.29. The zero-order valence-corrected chi connectivity index (χ0v) is 16.0. The summed E-state index contributed by atoms with van der Waals surface area (Å²) >= 11 is 1.51. The normalized spacial score (nSPS) is 14.3. The zero-order valence-electron chi connectivity index (χ0n) is 15.2. The van der Waals surface area contributed by atoms with Crippen LogP contribution in [0.3, 0.4) is 0 Å². The lowest BCUT2D eigenvalue weighted by Gasteiger charge is -2.16. The first-order chi connectivity index (χ1) is 13.0. The zero-order chi connectivity index (χ0) is 19.2. The van der Waals surface area contributed by atoms with Gasteiger partial charge in [0.05, 0.1) is 12.5 Å². The number of carbonyl (C=O) groups is 3. The quantitative estimate of drug-likeness (QED) is 0.653. The highest BCUT2D eigenvalue weighted by Gasteiger charge is 2.29. The van der Waals surface area contributed by atoms with Gasteiger partial charge in [-0.2, -0.15) is 0 Å². The van der Waals surface area contributed by atoms with Crippen LogP contribution < -0.4 is 16.0 Å². The lowest BCUT2D eigenvalue weighted by molar-refractivity contribution is -0.123. The van der Waals surface area contributed by atoms with Crippen LogP contribution >= 0.6 is 11.3 Å². The Balaban J connectivity index is 1.53. The molecule has 1 saturated carbocycles. The van der Waals surface area contributed by atoms with Crippen LogP contribution in [0.5, 0.6) is 0 Å². The van der Waals surface area contributed by atoms with Gasteiger partial charge in [0.25, 0.3) is 0 Å². The predicted molar refractivity (Wildman–Crippen MR) is 105 cm³/mol. The van der Waals surface area contributed by atoms with Gasteiger partial charge >= 0.3 is 0 Å². The monoisotopic (exact) mass is 385 g/mol. The fourth-order valence-electron chi connectivity index (χ4n) is 2.76. The van der Waals surface area contributed by atoms with Crippen molar-refractivity contribution in [2.75, 3.05) is 5.32 Å². The summed E-state index contributed by atoms with van der Waals surface area (Å²) in [6.45, 7) is 1.81. The second kappa shape index (κ2) is 8.81. The summed E-state index contributed by atoms with van der Waals surface area (Å²) in [6, 6.07) is 10.9. The molecule has 0 spiro atoms. The Bertz CT molecular complexity index is 816. The standard InChI is InChI=1S/C20H23N3O3S/c1-13(24)22-17(18-6-3-9-27-18)11-19(25)21-12-14-4-2-5-16(10-14)23-20(26)15-7-8-15/h2-6,9-10,15,17H,7-8,11-12H2,1H3,(H,21,25)(H,22,24)(H,23,26)/t17-/m1/s1. The lowest BCUT2D eigenvalue weighted by Crippen LogP contribution is -2.32. The fourth-order valence-corrected chi connectivity index (χ4v) is 3.54. The first-order valence-electron chi connectivity index (χ1n) is 8.98. The number of benzene rings is 1. The van der Waals surface area contributed by atoms with E-state index in [0.29, 0.717) is 6.54 Å². The van der Waals surface area contributed by atoms with E-state index in [2.05, 4.69) is 16.0 Å². The highest BCUT2D eigenvalue weighted by atomic mass is 32.1. The Labute approximate surface area is 162 Å². The molecule has 0 bridgehead atoms. The molecule has 2 aromatic rings. The van der Waals surface area contributed by atoms with E-state index in [0.717, 1.165) is 29.0 Å². The Morgan fingerprint density at radius 2 is 2.00 bits per heavy atom. The third-order valence-corrected chi connectivity index (χ3v) is 5.27. The molecule has 0 aliphatic heterocycles. The average Bonchev–Trinajstić information content (AvgIpc) is 3.34. The fraction of sp³-hybridized carbons (Fsp3) is 0.350. The molecule has 0 unspecified atom stereocenters. The Morgan fingerprint density at radius 3 is 2.67 bits per heavy atom. The van der Waals surface area contributed by atoms with Gasteiger partial charge in [-0.05, 0) is 42.0 Å². The van der Waals surface area contributed by atoms with Crippen molar-refractivity contribution in [2.45, 2.75) is 38.8 Å². The van der Waals surface area contributed by atoms with Crippen LogP contribution in [-0.4, -0.2) is 17.7 Å². The van der Waals surface area contributed by atoms with E-state index in [1.54, 1.807) is 0 Å². The minimum atomic E-state index is -0.327. The van der Waals surface area contributed by atoms with Crippen molar-refractivity contribution in [1.29, 1.82) is 0 Å². The molecule has 1 fully saturated rings. The molecule has 27 heavy (non-hydrogen) atoms. The Kier molecular flexibility index (Phi) is 6.24. The number of rotatable bonds is 8. The molecule has 1 atom stereocenters. The van der Waals surface area contributed by atoms with E-state index in [9.17, 15) is 14.4 Å². The van der Waals surface area contributed by atoms with Crippen molar-refractivity contribution in [3.05, 3.63) is 52.2 Å². The van der Waals surface area contributed by atoms with E-state index in [4.69, 9.17) is 0 Å². The SMILES string of the molecule is CC(=O)N[C@H](CC(=O)NCc1cccc(NC(=O)C2CC2)c1)c1cccs1. The maximum atomic E-state index is 12.3. The highest BCUT2D eigenvalue weighted by molar-refractivity contribution is 7.10. The largest absolute Gasteiger partial charge is 0.352 e. The molecule has 1 aliphatic rings. The van der Waals surface area contributed by atoms with Gasteiger partial charge in [-0.3, -0.25) is 14.4 Å². The highest BCUT2D eigenvalue weighted by Crippen LogP contribution is 2.30. The van der Waals surface area contributed by atoms with Gasteiger partial charge in [-0.25, -0.2) is 0 Å². The third kappa shape index (κ3) is 5.92. The second-order valence-corrected chi connectivity index (χ2v) is 7.69. The summed E-state index contributed by atoms with van der Waals surface area (Å²) in [7, 11) is 0. The van der Waals surface area contributed by atoms with Gasteiger partial charge in [0.2, 0.25) is 17.7 Å². The summed E-state index contributed by atoms with van der Waals surface area (Å²) < 4.78 is 0. The maximum absolute atomic E-state index is 12.3. The minimum absolute atomic E-state index is 0.0604. The molecular weight excluding hydrogens is 362 g/mol. The van der Waals surface area contributed by atoms with Crippen molar-refractivity contribution >= 4 is 34.7 Å². The van der Waals surface area contributed by atoms with E-state index < -0.39 is 0 Å². The number of amides is 3. The van der Waals surface area contributed by atoms with Crippen LogP contribution in [0.25, 0.3) is 0 Å².